The van der Waals surface area contributed by atoms with E-state index in [1.54, 1.807) is 0 Å². The number of rotatable bonds is 3. The van der Waals surface area contributed by atoms with Gasteiger partial charge in [0.1, 0.15) is 0 Å². The van der Waals surface area contributed by atoms with Gasteiger partial charge in [0, 0.05) is 10.9 Å². The fourth-order valence-corrected chi connectivity index (χ4v) is 3.37. The number of hydrogen-bond acceptors (Lipinski definition) is 5. The Bertz CT molecular complexity index is 1010. The Morgan fingerprint density at radius 3 is 2.84 bits per heavy atom. The number of nitrogens with zero attached hydrogens (tertiary/aromatic N) is 3. The first-order chi connectivity index (χ1) is 12.1. The van der Waals surface area contributed by atoms with Crippen LogP contribution >= 0.6 is 0 Å². The number of aromatic amines is 1. The van der Waals surface area contributed by atoms with Gasteiger partial charge in [-0.05, 0) is 56.7 Å². The molecule has 0 aliphatic heterocycles. The van der Waals surface area contributed by atoms with Gasteiger partial charge in [-0.1, -0.05) is 13.0 Å². The van der Waals surface area contributed by atoms with Crippen LogP contribution in [0, 0.1) is 6.92 Å². The van der Waals surface area contributed by atoms with E-state index in [-0.39, 0.29) is 5.56 Å². The fourth-order valence-electron chi connectivity index (χ4n) is 3.37. The highest BCUT2D eigenvalue weighted by Crippen LogP contribution is 2.21. The minimum atomic E-state index is -0.0581. The summed E-state index contributed by atoms with van der Waals surface area (Å²) in [6.45, 7) is 4.10. The third kappa shape index (κ3) is 2.99. The van der Waals surface area contributed by atoms with E-state index in [9.17, 15) is 4.79 Å². The molecule has 0 radical (unpaired) electrons. The number of anilines is 2. The van der Waals surface area contributed by atoms with Crippen molar-refractivity contribution >= 4 is 22.8 Å². The first kappa shape index (κ1) is 15.7. The van der Waals surface area contributed by atoms with Gasteiger partial charge in [0.05, 0.1) is 16.9 Å². The molecule has 6 heteroatoms. The molecule has 0 unspecified atom stereocenters. The lowest BCUT2D eigenvalue weighted by Crippen LogP contribution is -2.22. The largest absolute Gasteiger partial charge is 0.294 e. The number of H-pyrrole nitrogens is 1. The third-order valence-corrected chi connectivity index (χ3v) is 4.78. The molecule has 2 N–H and O–H groups in total. The molecule has 6 nitrogen and oxygen atoms in total. The summed E-state index contributed by atoms with van der Waals surface area (Å²) in [5.41, 5.74) is 4.70. The van der Waals surface area contributed by atoms with Crippen LogP contribution in [0.15, 0.2) is 23.0 Å². The van der Waals surface area contributed by atoms with Crippen LogP contribution in [0.4, 0.5) is 11.9 Å². The van der Waals surface area contributed by atoms with E-state index in [1.165, 1.54) is 5.56 Å². The van der Waals surface area contributed by atoms with Crippen LogP contribution < -0.4 is 10.9 Å². The molecule has 128 valence electrons. The monoisotopic (exact) mass is 335 g/mol. The molecule has 0 amide bonds. The molecule has 4 rings (SSSR count). The summed E-state index contributed by atoms with van der Waals surface area (Å²) in [6.07, 6.45) is 4.77. The smallest absolute Gasteiger partial charge is 0.255 e. The van der Waals surface area contributed by atoms with Crippen molar-refractivity contribution in [3.8, 4) is 0 Å². The Morgan fingerprint density at radius 2 is 2.00 bits per heavy atom. The van der Waals surface area contributed by atoms with Crippen LogP contribution in [0.2, 0.25) is 0 Å². The van der Waals surface area contributed by atoms with E-state index >= 15 is 0 Å². The lowest BCUT2D eigenvalue weighted by atomic mass is 9.97. The molecule has 1 aromatic carbocycles. The number of aromatic nitrogens is 4. The van der Waals surface area contributed by atoms with Crippen molar-refractivity contribution in [3.63, 3.8) is 0 Å². The minimum absolute atomic E-state index is 0.0581. The van der Waals surface area contributed by atoms with Gasteiger partial charge in [-0.15, -0.1) is 0 Å². The van der Waals surface area contributed by atoms with Gasteiger partial charge in [-0.2, -0.15) is 0 Å². The van der Waals surface area contributed by atoms with Crippen molar-refractivity contribution < 1.29 is 0 Å². The Hall–Kier alpha value is -2.76. The average molecular weight is 335 g/mol. The molecule has 0 fully saturated rings. The predicted molar refractivity (Wildman–Crippen MR) is 98.4 cm³/mol. The maximum atomic E-state index is 12.2. The molecule has 3 aromatic rings. The third-order valence-electron chi connectivity index (χ3n) is 4.78. The second-order valence-corrected chi connectivity index (χ2v) is 6.51. The molecule has 0 bridgehead atoms. The van der Waals surface area contributed by atoms with Crippen LogP contribution in [-0.4, -0.2) is 19.9 Å². The summed E-state index contributed by atoms with van der Waals surface area (Å²) in [7, 11) is 0. The topological polar surface area (TPSA) is 83.6 Å². The Labute approximate surface area is 145 Å². The molecule has 0 atom stereocenters. The van der Waals surface area contributed by atoms with Gasteiger partial charge in [0.15, 0.2) is 0 Å². The van der Waals surface area contributed by atoms with E-state index in [4.69, 9.17) is 0 Å². The quantitative estimate of drug-likeness (QED) is 0.768. The summed E-state index contributed by atoms with van der Waals surface area (Å²) in [5, 5.41) is 4.12. The average Bonchev–Trinajstić information content (AvgIpc) is 2.61. The van der Waals surface area contributed by atoms with Crippen molar-refractivity contribution in [2.24, 2.45) is 0 Å². The van der Waals surface area contributed by atoms with Gasteiger partial charge < -0.3 is 0 Å². The zero-order valence-electron chi connectivity index (χ0n) is 14.5. The van der Waals surface area contributed by atoms with Crippen molar-refractivity contribution in [1.82, 2.24) is 19.9 Å². The van der Waals surface area contributed by atoms with E-state index < -0.39 is 0 Å². The Kier molecular flexibility index (Phi) is 3.95. The molecule has 25 heavy (non-hydrogen) atoms. The minimum Gasteiger partial charge on any atom is -0.294 e. The Morgan fingerprint density at radius 1 is 1.16 bits per heavy atom. The number of aryl methyl sites for hydroxylation is 3. The molecule has 0 spiro atoms. The van der Waals surface area contributed by atoms with Crippen molar-refractivity contribution in [1.29, 1.82) is 0 Å². The summed E-state index contributed by atoms with van der Waals surface area (Å²) in [5.74, 6) is 0.864. The summed E-state index contributed by atoms with van der Waals surface area (Å²) < 4.78 is 0. The van der Waals surface area contributed by atoms with Gasteiger partial charge >= 0.3 is 0 Å². The molecular formula is C19H21N5O. The first-order valence-electron chi connectivity index (χ1n) is 8.80. The highest BCUT2D eigenvalue weighted by atomic mass is 16.1. The van der Waals surface area contributed by atoms with Crippen molar-refractivity contribution in [3.05, 3.63) is 51.1 Å². The second-order valence-electron chi connectivity index (χ2n) is 6.51. The summed E-state index contributed by atoms with van der Waals surface area (Å²) in [4.78, 5) is 28.7. The highest BCUT2D eigenvalue weighted by Gasteiger charge is 2.16. The SMILES string of the molecule is CCc1ccc2nc(Nc3nc4c(c(=O)[nH]3)CCCC4)nc(C)c2c1. The lowest BCUT2D eigenvalue weighted by Gasteiger charge is -2.15. The van der Waals surface area contributed by atoms with E-state index in [0.29, 0.717) is 11.9 Å². The molecule has 2 heterocycles. The van der Waals surface area contributed by atoms with Crippen molar-refractivity contribution in [2.45, 2.75) is 46.0 Å². The van der Waals surface area contributed by atoms with E-state index in [0.717, 1.165) is 60.0 Å². The molecule has 0 saturated heterocycles. The van der Waals surface area contributed by atoms with Crippen LogP contribution in [0.3, 0.4) is 0 Å². The molecule has 1 aliphatic rings. The highest BCUT2D eigenvalue weighted by molar-refractivity contribution is 5.82. The van der Waals surface area contributed by atoms with Crippen LogP contribution in [0.5, 0.6) is 0 Å². The second kappa shape index (κ2) is 6.27. The number of nitrogens with one attached hydrogen (secondary N) is 2. The number of fused-ring (bicyclic) bond motifs is 2. The molecule has 0 saturated carbocycles. The van der Waals surface area contributed by atoms with Crippen LogP contribution in [0.1, 0.15) is 42.3 Å². The maximum absolute atomic E-state index is 12.2. The number of hydrogen-bond donors (Lipinski definition) is 2. The van der Waals surface area contributed by atoms with E-state index in [1.807, 2.05) is 13.0 Å². The van der Waals surface area contributed by atoms with Crippen LogP contribution in [-0.2, 0) is 19.3 Å². The van der Waals surface area contributed by atoms with Gasteiger partial charge in [-0.3, -0.25) is 15.1 Å². The summed E-state index contributed by atoms with van der Waals surface area (Å²) >= 11 is 0. The number of benzene rings is 1. The van der Waals surface area contributed by atoms with Gasteiger partial charge in [0.25, 0.3) is 5.56 Å². The van der Waals surface area contributed by atoms with Crippen LogP contribution in [0.25, 0.3) is 10.9 Å². The molecular weight excluding hydrogens is 314 g/mol. The maximum Gasteiger partial charge on any atom is 0.255 e. The first-order valence-corrected chi connectivity index (χ1v) is 8.80. The zero-order chi connectivity index (χ0) is 17.4. The Balaban J connectivity index is 1.71. The van der Waals surface area contributed by atoms with Crippen molar-refractivity contribution in [2.75, 3.05) is 5.32 Å². The standard InChI is InChI=1S/C19H21N5O/c1-3-12-8-9-16-14(10-12)11(2)20-18(22-16)24-19-21-15-7-5-4-6-13(15)17(25)23-19/h8-10H,3-7H2,1-2H3,(H2,20,21,22,23,24,25). The predicted octanol–water partition coefficient (Wildman–Crippen LogP) is 3.21. The fraction of sp³-hybridized carbons (Fsp3) is 0.368. The zero-order valence-corrected chi connectivity index (χ0v) is 14.5. The van der Waals surface area contributed by atoms with Gasteiger partial charge in [-0.25, -0.2) is 15.0 Å². The summed E-state index contributed by atoms with van der Waals surface area (Å²) in [6, 6.07) is 6.22. The van der Waals surface area contributed by atoms with Gasteiger partial charge in [0.2, 0.25) is 11.9 Å². The van der Waals surface area contributed by atoms with E-state index in [2.05, 4.69) is 44.3 Å². The normalized spacial score (nSPS) is 13.7. The lowest BCUT2D eigenvalue weighted by molar-refractivity contribution is 0.657. The molecule has 1 aliphatic carbocycles. The molecule has 2 aromatic heterocycles.